The molecule has 134 valence electrons. The van der Waals surface area contributed by atoms with Crippen LogP contribution in [0.1, 0.15) is 18.4 Å². The lowest BCUT2D eigenvalue weighted by molar-refractivity contribution is -0.136. The molecule has 0 aliphatic rings. The molecule has 1 heterocycles. The van der Waals surface area contributed by atoms with Crippen LogP contribution < -0.4 is 10.6 Å². The molecule has 0 saturated carbocycles. The number of hydrogen-bond acceptors (Lipinski definition) is 3. The smallest absolute Gasteiger partial charge is 0.313 e. The molecule has 0 unspecified atom stereocenters. The molecule has 2 rings (SSSR count). The van der Waals surface area contributed by atoms with Gasteiger partial charge in [-0.05, 0) is 30.5 Å². The molecule has 2 aromatic rings. The van der Waals surface area contributed by atoms with Crippen molar-refractivity contribution in [3.8, 4) is 0 Å². The Labute approximate surface area is 153 Å². The number of hydrogen-bond donors (Lipinski definition) is 2. The molecule has 26 heavy (non-hydrogen) atoms. The quantitative estimate of drug-likeness (QED) is 0.568. The van der Waals surface area contributed by atoms with Crippen LogP contribution in [0.15, 0.2) is 80.2 Å². The average Bonchev–Trinajstić information content (AvgIpc) is 2.67. The first-order chi connectivity index (χ1) is 12.6. The normalized spacial score (nSPS) is 10.6. The fourth-order valence-corrected chi connectivity index (χ4v) is 2.86. The Kier molecular flexibility index (Phi) is 6.85. The Morgan fingerprint density at radius 1 is 0.962 bits per heavy atom. The summed E-state index contributed by atoms with van der Waals surface area (Å²) in [5.74, 6) is -1.40. The Balaban J connectivity index is 2.10. The van der Waals surface area contributed by atoms with Crippen molar-refractivity contribution < 1.29 is 9.59 Å². The second-order valence-electron chi connectivity index (χ2n) is 6.00. The zero-order valence-corrected chi connectivity index (χ0v) is 14.7. The van der Waals surface area contributed by atoms with Gasteiger partial charge in [0, 0.05) is 30.0 Å². The van der Waals surface area contributed by atoms with Crippen molar-refractivity contribution in [1.29, 1.82) is 0 Å². The zero-order chi connectivity index (χ0) is 18.8. The SMILES string of the molecule is C=CCC(CC=C)(CNC(=O)C(=O)Nc1ccncc1)c1ccccc1. The third kappa shape index (κ3) is 4.89. The topological polar surface area (TPSA) is 71.1 Å². The van der Waals surface area contributed by atoms with Crippen molar-refractivity contribution in [3.05, 3.63) is 85.7 Å². The van der Waals surface area contributed by atoms with Crippen LogP contribution in [0.3, 0.4) is 0 Å². The Morgan fingerprint density at radius 2 is 1.58 bits per heavy atom. The number of pyridine rings is 1. The zero-order valence-electron chi connectivity index (χ0n) is 14.7. The molecule has 0 saturated heterocycles. The van der Waals surface area contributed by atoms with Gasteiger partial charge < -0.3 is 10.6 Å². The van der Waals surface area contributed by atoms with E-state index in [9.17, 15) is 9.59 Å². The van der Waals surface area contributed by atoms with Crippen molar-refractivity contribution in [2.45, 2.75) is 18.3 Å². The van der Waals surface area contributed by atoms with Gasteiger partial charge in [0.15, 0.2) is 0 Å². The lowest BCUT2D eigenvalue weighted by atomic mass is 9.74. The summed E-state index contributed by atoms with van der Waals surface area (Å²) in [6.45, 7) is 7.98. The molecule has 0 atom stereocenters. The first-order valence-electron chi connectivity index (χ1n) is 8.38. The van der Waals surface area contributed by atoms with E-state index in [-0.39, 0.29) is 0 Å². The summed E-state index contributed by atoms with van der Waals surface area (Å²) in [6, 6.07) is 13.1. The molecule has 2 amide bonds. The Hall–Kier alpha value is -3.21. The number of anilines is 1. The minimum atomic E-state index is -0.713. The van der Waals surface area contributed by atoms with Crippen LogP contribution in [0.4, 0.5) is 5.69 Å². The number of allylic oxidation sites excluding steroid dienone is 2. The van der Waals surface area contributed by atoms with Gasteiger partial charge in [-0.25, -0.2) is 0 Å². The average molecular weight is 349 g/mol. The lowest BCUT2D eigenvalue weighted by Crippen LogP contribution is -2.44. The Morgan fingerprint density at radius 3 is 2.15 bits per heavy atom. The number of aromatic nitrogens is 1. The molecular weight excluding hydrogens is 326 g/mol. The summed E-state index contributed by atoms with van der Waals surface area (Å²) in [6.07, 6.45) is 8.02. The third-order valence-corrected chi connectivity index (χ3v) is 4.19. The van der Waals surface area contributed by atoms with Crippen LogP contribution in [0.25, 0.3) is 0 Å². The highest BCUT2D eigenvalue weighted by Crippen LogP contribution is 2.32. The highest BCUT2D eigenvalue weighted by Gasteiger charge is 2.31. The molecule has 2 N–H and O–H groups in total. The standard InChI is InChI=1S/C21H23N3O2/c1-3-12-21(13-4-2,17-8-6-5-7-9-17)16-23-19(25)20(26)24-18-10-14-22-15-11-18/h3-11,14-15H,1-2,12-13,16H2,(H,23,25)(H,22,24,26). The van der Waals surface area contributed by atoms with Gasteiger partial charge in [-0.15, -0.1) is 13.2 Å². The van der Waals surface area contributed by atoms with Gasteiger partial charge in [0.25, 0.3) is 0 Å². The predicted molar refractivity (Wildman–Crippen MR) is 104 cm³/mol. The number of nitrogens with one attached hydrogen (secondary N) is 2. The second kappa shape index (κ2) is 9.32. The van der Waals surface area contributed by atoms with Crippen LogP contribution in [0, 0.1) is 0 Å². The van der Waals surface area contributed by atoms with E-state index in [0.717, 1.165) is 5.56 Å². The number of rotatable bonds is 8. The van der Waals surface area contributed by atoms with Crippen molar-refractivity contribution in [2.75, 3.05) is 11.9 Å². The van der Waals surface area contributed by atoms with E-state index in [0.29, 0.717) is 25.1 Å². The maximum atomic E-state index is 12.2. The highest BCUT2D eigenvalue weighted by molar-refractivity contribution is 6.39. The number of carbonyl (C=O) groups is 2. The van der Waals surface area contributed by atoms with E-state index in [1.807, 2.05) is 42.5 Å². The molecule has 0 bridgehead atoms. The van der Waals surface area contributed by atoms with E-state index in [2.05, 4.69) is 28.8 Å². The summed E-state index contributed by atoms with van der Waals surface area (Å²) in [5.41, 5.74) is 1.19. The van der Waals surface area contributed by atoms with E-state index in [1.165, 1.54) is 0 Å². The third-order valence-electron chi connectivity index (χ3n) is 4.19. The molecule has 0 fully saturated rings. The molecule has 0 spiro atoms. The maximum absolute atomic E-state index is 12.2. The largest absolute Gasteiger partial charge is 0.347 e. The molecule has 0 aliphatic carbocycles. The molecule has 5 heteroatoms. The number of amides is 2. The molecule has 0 radical (unpaired) electrons. The second-order valence-corrected chi connectivity index (χ2v) is 6.00. The summed E-state index contributed by atoms with van der Waals surface area (Å²) in [4.78, 5) is 28.2. The molecule has 1 aromatic heterocycles. The van der Waals surface area contributed by atoms with Crippen LogP contribution in [0.2, 0.25) is 0 Å². The van der Waals surface area contributed by atoms with Gasteiger partial charge in [-0.3, -0.25) is 14.6 Å². The van der Waals surface area contributed by atoms with Gasteiger partial charge in [0.1, 0.15) is 0 Å². The molecule has 5 nitrogen and oxygen atoms in total. The first kappa shape index (κ1) is 19.1. The van der Waals surface area contributed by atoms with E-state index in [1.54, 1.807) is 24.5 Å². The fourth-order valence-electron chi connectivity index (χ4n) is 2.86. The van der Waals surface area contributed by atoms with Gasteiger partial charge in [-0.2, -0.15) is 0 Å². The van der Waals surface area contributed by atoms with Gasteiger partial charge >= 0.3 is 11.8 Å². The van der Waals surface area contributed by atoms with Crippen molar-refractivity contribution in [2.24, 2.45) is 0 Å². The summed E-state index contributed by atoms with van der Waals surface area (Å²) in [7, 11) is 0. The summed E-state index contributed by atoms with van der Waals surface area (Å²) < 4.78 is 0. The maximum Gasteiger partial charge on any atom is 0.313 e. The van der Waals surface area contributed by atoms with E-state index < -0.39 is 17.2 Å². The van der Waals surface area contributed by atoms with Gasteiger partial charge in [-0.1, -0.05) is 42.5 Å². The van der Waals surface area contributed by atoms with Crippen LogP contribution in [-0.4, -0.2) is 23.3 Å². The molecule has 0 aliphatic heterocycles. The molecular formula is C21H23N3O2. The number of carbonyl (C=O) groups excluding carboxylic acids is 2. The minimum absolute atomic E-state index is 0.303. The Bertz CT molecular complexity index is 747. The molecule has 1 aromatic carbocycles. The van der Waals surface area contributed by atoms with Crippen LogP contribution in [0.5, 0.6) is 0 Å². The minimum Gasteiger partial charge on any atom is -0.347 e. The van der Waals surface area contributed by atoms with Gasteiger partial charge in [0.05, 0.1) is 0 Å². The van der Waals surface area contributed by atoms with Crippen LogP contribution in [-0.2, 0) is 15.0 Å². The number of benzene rings is 1. The predicted octanol–water partition coefficient (Wildman–Crippen LogP) is 3.23. The lowest BCUT2D eigenvalue weighted by Gasteiger charge is -2.33. The van der Waals surface area contributed by atoms with Crippen molar-refractivity contribution in [3.63, 3.8) is 0 Å². The monoisotopic (exact) mass is 349 g/mol. The van der Waals surface area contributed by atoms with E-state index in [4.69, 9.17) is 0 Å². The number of nitrogens with zero attached hydrogens (tertiary/aromatic N) is 1. The highest BCUT2D eigenvalue weighted by atomic mass is 16.2. The van der Waals surface area contributed by atoms with Crippen molar-refractivity contribution in [1.82, 2.24) is 10.3 Å². The first-order valence-corrected chi connectivity index (χ1v) is 8.38. The summed E-state index contributed by atoms with van der Waals surface area (Å²) >= 11 is 0. The van der Waals surface area contributed by atoms with Crippen molar-refractivity contribution >= 4 is 17.5 Å². The van der Waals surface area contributed by atoms with Gasteiger partial charge in [0.2, 0.25) is 0 Å². The van der Waals surface area contributed by atoms with E-state index >= 15 is 0 Å². The van der Waals surface area contributed by atoms with Crippen LogP contribution >= 0.6 is 0 Å². The fraction of sp³-hybridized carbons (Fsp3) is 0.190. The summed E-state index contributed by atoms with van der Waals surface area (Å²) in [5, 5.41) is 5.30.